The number of carbonyl (C=O) groups excluding carboxylic acids is 1. The number of fused-ring (bicyclic) bond motifs is 1. The van der Waals surface area contributed by atoms with Gasteiger partial charge in [0.25, 0.3) is 0 Å². The molecule has 142 valence electrons. The number of hydrogen-bond acceptors (Lipinski definition) is 3. The van der Waals surface area contributed by atoms with Crippen LogP contribution in [0.2, 0.25) is 0 Å². The zero-order chi connectivity index (χ0) is 18.2. The van der Waals surface area contributed by atoms with Gasteiger partial charge in [-0.05, 0) is 64.3 Å². The Bertz CT molecular complexity index is 663. The molecule has 0 spiro atoms. The van der Waals surface area contributed by atoms with E-state index in [1.165, 1.54) is 38.8 Å². The molecule has 1 atom stereocenters. The number of aryl methyl sites for hydroxylation is 1. The summed E-state index contributed by atoms with van der Waals surface area (Å²) in [5.74, 6) is 1.13. The second-order valence-electron chi connectivity index (χ2n) is 7.49. The van der Waals surface area contributed by atoms with Crippen LogP contribution in [0.3, 0.4) is 0 Å². The molecule has 1 amide bonds. The second kappa shape index (κ2) is 9.72. The average Bonchev–Trinajstić information content (AvgIpc) is 3.05. The Morgan fingerprint density at radius 2 is 2.15 bits per heavy atom. The zero-order valence-electron chi connectivity index (χ0n) is 16.0. The number of amides is 1. The van der Waals surface area contributed by atoms with E-state index < -0.39 is 0 Å². The average molecular weight is 357 g/mol. The van der Waals surface area contributed by atoms with Gasteiger partial charge < -0.3 is 15.2 Å². The number of benzene rings is 1. The highest BCUT2D eigenvalue weighted by Gasteiger charge is 2.17. The van der Waals surface area contributed by atoms with E-state index in [9.17, 15) is 4.79 Å². The quantitative estimate of drug-likeness (QED) is 0.674. The number of hydrogen-bond donors (Lipinski definition) is 2. The molecule has 26 heavy (non-hydrogen) atoms. The van der Waals surface area contributed by atoms with Crippen LogP contribution in [0.1, 0.15) is 57.7 Å². The van der Waals surface area contributed by atoms with Crippen LogP contribution < -0.4 is 5.32 Å². The van der Waals surface area contributed by atoms with Crippen molar-refractivity contribution in [3.05, 3.63) is 30.1 Å². The lowest BCUT2D eigenvalue weighted by Crippen LogP contribution is -2.38. The van der Waals surface area contributed by atoms with Crippen molar-refractivity contribution in [1.82, 2.24) is 20.2 Å². The molecule has 0 bridgehead atoms. The fourth-order valence-corrected chi connectivity index (χ4v) is 3.79. The number of nitrogens with one attached hydrogen (secondary N) is 2. The van der Waals surface area contributed by atoms with E-state index in [0.717, 1.165) is 48.7 Å². The number of nitrogens with zero attached hydrogens (tertiary/aromatic N) is 2. The first-order valence-corrected chi connectivity index (χ1v) is 10.2. The fraction of sp³-hybridized carbons (Fsp3) is 0.619. The molecule has 0 saturated carbocycles. The van der Waals surface area contributed by atoms with E-state index in [0.29, 0.717) is 6.42 Å². The van der Waals surface area contributed by atoms with Gasteiger partial charge in [0.2, 0.25) is 5.91 Å². The van der Waals surface area contributed by atoms with Crippen molar-refractivity contribution < 1.29 is 4.79 Å². The lowest BCUT2D eigenvalue weighted by Gasteiger charge is -2.33. The third kappa shape index (κ3) is 5.56. The monoisotopic (exact) mass is 356 g/mol. The Hall–Kier alpha value is -1.88. The Morgan fingerprint density at radius 1 is 1.27 bits per heavy atom. The third-order valence-corrected chi connectivity index (χ3v) is 5.39. The molecule has 3 rings (SSSR count). The maximum absolute atomic E-state index is 12.0. The first-order chi connectivity index (χ1) is 12.7. The van der Waals surface area contributed by atoms with Crippen molar-refractivity contribution in [3.8, 4) is 0 Å². The summed E-state index contributed by atoms with van der Waals surface area (Å²) < 4.78 is 0. The largest absolute Gasteiger partial charge is 0.356 e. The van der Waals surface area contributed by atoms with Gasteiger partial charge in [0.05, 0.1) is 11.0 Å². The number of para-hydroxylation sites is 2. The van der Waals surface area contributed by atoms with Crippen molar-refractivity contribution in [3.63, 3.8) is 0 Å². The maximum Gasteiger partial charge on any atom is 0.220 e. The van der Waals surface area contributed by atoms with E-state index in [1.54, 1.807) is 0 Å². The lowest BCUT2D eigenvalue weighted by molar-refractivity contribution is -0.121. The minimum absolute atomic E-state index is 0.160. The molecule has 1 saturated heterocycles. The molecule has 5 nitrogen and oxygen atoms in total. The molecule has 2 N–H and O–H groups in total. The topological polar surface area (TPSA) is 61.0 Å². The Morgan fingerprint density at radius 3 is 3.00 bits per heavy atom. The summed E-state index contributed by atoms with van der Waals surface area (Å²) in [7, 11) is 0. The van der Waals surface area contributed by atoms with Gasteiger partial charge in [-0.2, -0.15) is 0 Å². The highest BCUT2D eigenvalue weighted by atomic mass is 16.1. The molecular formula is C21H32N4O. The van der Waals surface area contributed by atoms with Crippen LogP contribution in [0, 0.1) is 0 Å². The number of imidazole rings is 1. The summed E-state index contributed by atoms with van der Waals surface area (Å²) in [6, 6.07) is 8.77. The third-order valence-electron chi connectivity index (χ3n) is 5.39. The van der Waals surface area contributed by atoms with Gasteiger partial charge in [0.15, 0.2) is 0 Å². The summed E-state index contributed by atoms with van der Waals surface area (Å²) in [5, 5.41) is 3.06. The van der Waals surface area contributed by atoms with Crippen molar-refractivity contribution in [2.45, 2.75) is 64.3 Å². The number of piperidine rings is 1. The molecule has 1 aliphatic heterocycles. The molecular weight excluding hydrogens is 324 g/mol. The molecule has 5 heteroatoms. The van der Waals surface area contributed by atoms with E-state index >= 15 is 0 Å². The Labute approximate surface area is 156 Å². The van der Waals surface area contributed by atoms with Crippen molar-refractivity contribution in [1.29, 1.82) is 0 Å². The molecule has 1 aliphatic rings. The highest BCUT2D eigenvalue weighted by molar-refractivity contribution is 5.76. The predicted molar refractivity (Wildman–Crippen MR) is 106 cm³/mol. The van der Waals surface area contributed by atoms with Gasteiger partial charge in [-0.3, -0.25) is 4.79 Å². The molecule has 1 aromatic heterocycles. The number of likely N-dealkylation sites (tertiary alicyclic amines) is 1. The number of aromatic nitrogens is 2. The summed E-state index contributed by atoms with van der Waals surface area (Å²) >= 11 is 0. The number of unbranched alkanes of at least 4 members (excludes halogenated alkanes) is 1. The molecule has 2 heterocycles. The normalized spacial score (nSPS) is 18.3. The van der Waals surface area contributed by atoms with E-state index in [1.807, 2.05) is 24.3 Å². The van der Waals surface area contributed by atoms with Crippen LogP contribution in [0.15, 0.2) is 24.3 Å². The number of rotatable bonds is 9. The first-order valence-electron chi connectivity index (χ1n) is 10.2. The highest BCUT2D eigenvalue weighted by Crippen LogP contribution is 2.16. The second-order valence-corrected chi connectivity index (χ2v) is 7.49. The Kier molecular flexibility index (Phi) is 7.06. The summed E-state index contributed by atoms with van der Waals surface area (Å²) in [6.45, 7) is 5.55. The van der Waals surface area contributed by atoms with Crippen molar-refractivity contribution in [2.75, 3.05) is 19.6 Å². The summed E-state index contributed by atoms with van der Waals surface area (Å²) in [5.41, 5.74) is 2.06. The van der Waals surface area contributed by atoms with Crippen LogP contribution in [-0.4, -0.2) is 46.5 Å². The van der Waals surface area contributed by atoms with Gasteiger partial charge in [-0.15, -0.1) is 0 Å². The minimum atomic E-state index is 0.160. The molecule has 1 aromatic carbocycles. The van der Waals surface area contributed by atoms with Crippen LogP contribution in [0.5, 0.6) is 0 Å². The SMILES string of the molecule is C[C@H]1CCCCN1CCCCNC(=O)CCCc1nc2ccccc2[nH]1. The van der Waals surface area contributed by atoms with Crippen molar-refractivity contribution >= 4 is 16.9 Å². The van der Waals surface area contributed by atoms with Gasteiger partial charge >= 0.3 is 0 Å². The minimum Gasteiger partial charge on any atom is -0.356 e. The van der Waals surface area contributed by atoms with Crippen LogP contribution in [-0.2, 0) is 11.2 Å². The van der Waals surface area contributed by atoms with E-state index in [-0.39, 0.29) is 5.91 Å². The van der Waals surface area contributed by atoms with Gasteiger partial charge in [0.1, 0.15) is 5.82 Å². The number of H-pyrrole nitrogens is 1. The molecule has 0 unspecified atom stereocenters. The van der Waals surface area contributed by atoms with Gasteiger partial charge in [-0.25, -0.2) is 4.98 Å². The van der Waals surface area contributed by atoms with Gasteiger partial charge in [0, 0.05) is 25.4 Å². The first kappa shape index (κ1) is 18.9. The summed E-state index contributed by atoms with van der Waals surface area (Å²) in [4.78, 5) is 22.4. The molecule has 0 aliphatic carbocycles. The van der Waals surface area contributed by atoms with Crippen LogP contribution in [0.25, 0.3) is 11.0 Å². The fourth-order valence-electron chi connectivity index (χ4n) is 3.79. The molecule has 0 radical (unpaired) electrons. The van der Waals surface area contributed by atoms with Gasteiger partial charge in [-0.1, -0.05) is 18.6 Å². The molecule has 2 aromatic rings. The predicted octanol–water partition coefficient (Wildman–Crippen LogP) is 3.66. The van der Waals surface area contributed by atoms with Crippen LogP contribution >= 0.6 is 0 Å². The van der Waals surface area contributed by atoms with E-state index in [4.69, 9.17) is 0 Å². The van der Waals surface area contributed by atoms with Crippen LogP contribution in [0.4, 0.5) is 0 Å². The number of aromatic amines is 1. The maximum atomic E-state index is 12.0. The van der Waals surface area contributed by atoms with E-state index in [2.05, 4.69) is 27.1 Å². The molecule has 1 fully saturated rings. The Balaban J connectivity index is 1.25. The summed E-state index contributed by atoms with van der Waals surface area (Å²) in [6.07, 6.45) is 8.50. The standard InChI is InChI=1S/C21H32N4O/c1-17-9-4-6-15-25(17)16-7-5-14-22-21(26)13-8-12-20-23-18-10-2-3-11-19(18)24-20/h2-3,10-11,17H,4-9,12-16H2,1H3,(H,22,26)(H,23,24)/t17-/m0/s1. The lowest BCUT2D eigenvalue weighted by atomic mass is 10.0. The van der Waals surface area contributed by atoms with Crippen molar-refractivity contribution in [2.24, 2.45) is 0 Å². The zero-order valence-corrected chi connectivity index (χ0v) is 16.0. The smallest absolute Gasteiger partial charge is 0.220 e. The number of carbonyl (C=O) groups is 1.